The van der Waals surface area contributed by atoms with Gasteiger partial charge in [-0.3, -0.25) is 4.79 Å². The summed E-state index contributed by atoms with van der Waals surface area (Å²) in [5, 5.41) is 11.9. The molecular formula is C16H21NO4. The molecule has 3 atom stereocenters. The van der Waals surface area contributed by atoms with E-state index in [1.54, 1.807) is 0 Å². The van der Waals surface area contributed by atoms with Crippen LogP contribution in [0, 0.1) is 0 Å². The van der Waals surface area contributed by atoms with Crippen molar-refractivity contribution in [1.29, 1.82) is 0 Å². The highest BCUT2D eigenvalue weighted by Gasteiger charge is 2.32. The zero-order chi connectivity index (χ0) is 15.2. The van der Waals surface area contributed by atoms with E-state index >= 15 is 0 Å². The van der Waals surface area contributed by atoms with E-state index in [0.717, 1.165) is 18.4 Å². The van der Waals surface area contributed by atoms with Crippen LogP contribution in [0.5, 0.6) is 0 Å². The summed E-state index contributed by atoms with van der Waals surface area (Å²) in [6, 6.07) is 8.34. The van der Waals surface area contributed by atoms with Gasteiger partial charge in [-0.15, -0.1) is 0 Å². The van der Waals surface area contributed by atoms with Gasteiger partial charge in [0.2, 0.25) is 5.91 Å². The van der Waals surface area contributed by atoms with Gasteiger partial charge in [-0.2, -0.15) is 0 Å². The number of carboxylic acid groups (broad SMARTS) is 1. The molecule has 0 radical (unpaired) electrons. The molecule has 2 N–H and O–H groups in total. The Balaban J connectivity index is 1.94. The van der Waals surface area contributed by atoms with Gasteiger partial charge in [0.15, 0.2) is 0 Å². The highest BCUT2D eigenvalue weighted by Crippen LogP contribution is 2.22. The van der Waals surface area contributed by atoms with Crippen LogP contribution in [-0.2, 0) is 20.7 Å². The van der Waals surface area contributed by atoms with Gasteiger partial charge < -0.3 is 15.2 Å². The molecule has 2 unspecified atom stereocenters. The first-order valence-electron chi connectivity index (χ1n) is 7.32. The molecule has 0 aliphatic carbocycles. The minimum Gasteiger partial charge on any atom is -0.480 e. The number of hydrogen-bond acceptors (Lipinski definition) is 3. The maximum Gasteiger partial charge on any atom is 0.326 e. The van der Waals surface area contributed by atoms with Crippen LogP contribution in [-0.4, -0.2) is 35.2 Å². The van der Waals surface area contributed by atoms with Crippen molar-refractivity contribution in [3.63, 3.8) is 0 Å². The van der Waals surface area contributed by atoms with Gasteiger partial charge in [0.1, 0.15) is 12.1 Å². The fraction of sp³-hybridized carbons (Fsp3) is 0.500. The smallest absolute Gasteiger partial charge is 0.326 e. The van der Waals surface area contributed by atoms with Crippen molar-refractivity contribution in [2.45, 2.75) is 50.9 Å². The van der Waals surface area contributed by atoms with Crippen molar-refractivity contribution in [2.24, 2.45) is 0 Å². The molecule has 2 rings (SSSR count). The van der Waals surface area contributed by atoms with Crippen molar-refractivity contribution in [2.75, 3.05) is 0 Å². The first-order valence-corrected chi connectivity index (χ1v) is 7.32. The quantitative estimate of drug-likeness (QED) is 0.837. The minimum absolute atomic E-state index is 0.109. The second kappa shape index (κ2) is 7.22. The molecule has 5 heteroatoms. The van der Waals surface area contributed by atoms with E-state index in [4.69, 9.17) is 4.74 Å². The largest absolute Gasteiger partial charge is 0.480 e. The number of ether oxygens (including phenoxy) is 1. The zero-order valence-corrected chi connectivity index (χ0v) is 12.1. The monoisotopic (exact) mass is 291 g/mol. The molecule has 0 bridgehead atoms. The summed E-state index contributed by atoms with van der Waals surface area (Å²) < 4.78 is 5.60. The van der Waals surface area contributed by atoms with Gasteiger partial charge in [-0.25, -0.2) is 4.79 Å². The van der Waals surface area contributed by atoms with E-state index in [-0.39, 0.29) is 18.4 Å². The number of benzene rings is 1. The first kappa shape index (κ1) is 15.5. The molecule has 1 aromatic rings. The van der Waals surface area contributed by atoms with Crippen LogP contribution in [0.3, 0.4) is 0 Å². The SMILES string of the molecule is CCC1CCC(C(=O)N[C@@H](Cc2ccccc2)C(=O)O)O1. The molecule has 0 aromatic heterocycles. The van der Waals surface area contributed by atoms with E-state index in [0.29, 0.717) is 6.42 Å². The van der Waals surface area contributed by atoms with E-state index in [1.165, 1.54) is 0 Å². The Labute approximate surface area is 124 Å². The average molecular weight is 291 g/mol. The number of carbonyl (C=O) groups excluding carboxylic acids is 1. The average Bonchev–Trinajstić information content (AvgIpc) is 2.96. The predicted octanol–water partition coefficient (Wildman–Crippen LogP) is 1.76. The molecule has 1 amide bonds. The number of hydrogen-bond donors (Lipinski definition) is 2. The lowest BCUT2D eigenvalue weighted by Crippen LogP contribution is -2.46. The third kappa shape index (κ3) is 4.29. The lowest BCUT2D eigenvalue weighted by molar-refractivity contribution is -0.144. The number of rotatable bonds is 6. The van der Waals surface area contributed by atoms with Crippen molar-refractivity contribution in [3.05, 3.63) is 35.9 Å². The second-order valence-corrected chi connectivity index (χ2v) is 5.32. The van der Waals surface area contributed by atoms with Crippen LogP contribution in [0.2, 0.25) is 0 Å². The van der Waals surface area contributed by atoms with E-state index in [9.17, 15) is 14.7 Å². The summed E-state index contributed by atoms with van der Waals surface area (Å²) in [6.45, 7) is 2.01. The normalized spacial score (nSPS) is 22.7. The van der Waals surface area contributed by atoms with Crippen LogP contribution >= 0.6 is 0 Å². The second-order valence-electron chi connectivity index (χ2n) is 5.32. The van der Waals surface area contributed by atoms with Crippen molar-refractivity contribution < 1.29 is 19.4 Å². The van der Waals surface area contributed by atoms with E-state index in [1.807, 2.05) is 37.3 Å². The lowest BCUT2D eigenvalue weighted by atomic mass is 10.1. The molecule has 1 aromatic carbocycles. The fourth-order valence-electron chi connectivity index (χ4n) is 2.51. The standard InChI is InChI=1S/C16H21NO4/c1-2-12-8-9-14(21-12)15(18)17-13(16(19)20)10-11-6-4-3-5-7-11/h3-7,12-14H,2,8-10H2,1H3,(H,17,18)(H,19,20)/t12?,13-,14?/m0/s1. The summed E-state index contributed by atoms with van der Waals surface area (Å²) in [4.78, 5) is 23.4. The highest BCUT2D eigenvalue weighted by molar-refractivity contribution is 5.86. The molecule has 1 aliphatic heterocycles. The van der Waals surface area contributed by atoms with Crippen LogP contribution in [0.15, 0.2) is 30.3 Å². The maximum absolute atomic E-state index is 12.1. The summed E-state index contributed by atoms with van der Waals surface area (Å²) >= 11 is 0. The van der Waals surface area contributed by atoms with Crippen LogP contribution in [0.1, 0.15) is 31.7 Å². The van der Waals surface area contributed by atoms with Gasteiger partial charge in [0.25, 0.3) is 0 Å². The van der Waals surface area contributed by atoms with Crippen molar-refractivity contribution in [1.82, 2.24) is 5.32 Å². The number of carboxylic acids is 1. The third-order valence-corrected chi connectivity index (χ3v) is 3.75. The Kier molecular flexibility index (Phi) is 5.33. The summed E-state index contributed by atoms with van der Waals surface area (Å²) in [6.07, 6.45) is 2.24. The Morgan fingerprint density at radius 2 is 2.05 bits per heavy atom. The molecule has 0 spiro atoms. The molecule has 5 nitrogen and oxygen atoms in total. The zero-order valence-electron chi connectivity index (χ0n) is 12.1. The topological polar surface area (TPSA) is 75.6 Å². The molecule has 21 heavy (non-hydrogen) atoms. The van der Waals surface area contributed by atoms with Gasteiger partial charge >= 0.3 is 5.97 Å². The van der Waals surface area contributed by atoms with Crippen LogP contribution < -0.4 is 5.32 Å². The Bertz CT molecular complexity index is 488. The van der Waals surface area contributed by atoms with Crippen molar-refractivity contribution in [3.8, 4) is 0 Å². The number of carbonyl (C=O) groups is 2. The molecule has 0 saturated carbocycles. The number of nitrogens with one attached hydrogen (secondary N) is 1. The highest BCUT2D eigenvalue weighted by atomic mass is 16.5. The maximum atomic E-state index is 12.1. The van der Waals surface area contributed by atoms with Crippen molar-refractivity contribution >= 4 is 11.9 Å². The van der Waals surface area contributed by atoms with Crippen LogP contribution in [0.4, 0.5) is 0 Å². The molecule has 1 saturated heterocycles. The molecule has 1 fully saturated rings. The Morgan fingerprint density at radius 1 is 1.33 bits per heavy atom. The van der Waals surface area contributed by atoms with Gasteiger partial charge in [0, 0.05) is 6.42 Å². The van der Waals surface area contributed by atoms with Gasteiger partial charge in [0.05, 0.1) is 6.10 Å². The molecular weight excluding hydrogens is 270 g/mol. The Hall–Kier alpha value is -1.88. The van der Waals surface area contributed by atoms with Gasteiger partial charge in [-0.05, 0) is 24.8 Å². The summed E-state index contributed by atoms with van der Waals surface area (Å²) in [5.41, 5.74) is 0.879. The molecule has 114 valence electrons. The van der Waals surface area contributed by atoms with E-state index < -0.39 is 18.1 Å². The number of amides is 1. The summed E-state index contributed by atoms with van der Waals surface area (Å²) in [5.74, 6) is -1.36. The summed E-state index contributed by atoms with van der Waals surface area (Å²) in [7, 11) is 0. The molecule has 1 heterocycles. The number of aliphatic carboxylic acids is 1. The minimum atomic E-state index is -1.03. The lowest BCUT2D eigenvalue weighted by Gasteiger charge is -2.18. The molecule has 1 aliphatic rings. The van der Waals surface area contributed by atoms with E-state index in [2.05, 4.69) is 5.32 Å². The van der Waals surface area contributed by atoms with Gasteiger partial charge in [-0.1, -0.05) is 37.3 Å². The third-order valence-electron chi connectivity index (χ3n) is 3.75. The predicted molar refractivity (Wildman–Crippen MR) is 77.9 cm³/mol. The van der Waals surface area contributed by atoms with Crippen LogP contribution in [0.25, 0.3) is 0 Å². The Morgan fingerprint density at radius 3 is 2.62 bits per heavy atom. The fourth-order valence-corrected chi connectivity index (χ4v) is 2.51. The first-order chi connectivity index (χ1) is 10.1.